The molecule has 3 unspecified atom stereocenters. The zero-order chi connectivity index (χ0) is 13.4. The molecule has 19 heavy (non-hydrogen) atoms. The minimum atomic E-state index is 0.273. The number of benzene rings is 1. The molecule has 2 aliphatic heterocycles. The molecule has 2 aliphatic rings. The average Bonchev–Trinajstić information content (AvgIpc) is 2.62. The number of nitrogens with zero attached hydrogens (tertiary/aromatic N) is 1. The molecule has 2 fully saturated rings. The molecule has 2 nitrogen and oxygen atoms in total. The summed E-state index contributed by atoms with van der Waals surface area (Å²) in [6, 6.07) is 9.94. The summed E-state index contributed by atoms with van der Waals surface area (Å²) in [7, 11) is 2.28. The highest BCUT2D eigenvalue weighted by atomic mass is 35.5. The minimum Gasteiger partial charge on any atom is -0.327 e. The molecule has 0 amide bonds. The first-order valence-corrected chi connectivity index (χ1v) is 7.73. The summed E-state index contributed by atoms with van der Waals surface area (Å²) in [6.07, 6.45) is 6.22. The highest BCUT2D eigenvalue weighted by molar-refractivity contribution is 6.30. The third-order valence-electron chi connectivity index (χ3n) is 5.10. The molecule has 2 bridgehead atoms. The van der Waals surface area contributed by atoms with E-state index >= 15 is 0 Å². The van der Waals surface area contributed by atoms with Crippen molar-refractivity contribution in [1.82, 2.24) is 4.90 Å². The molecule has 1 aromatic rings. The third-order valence-corrected chi connectivity index (χ3v) is 5.34. The average molecular weight is 279 g/mol. The maximum atomic E-state index is 6.47. The lowest BCUT2D eigenvalue weighted by molar-refractivity contribution is 0.120. The molecule has 1 aromatic carbocycles. The number of rotatable bonds is 3. The van der Waals surface area contributed by atoms with E-state index in [-0.39, 0.29) is 6.04 Å². The molecule has 0 aliphatic carbocycles. The van der Waals surface area contributed by atoms with Crippen LogP contribution in [-0.2, 0) is 6.42 Å². The number of nitrogens with two attached hydrogens (primary N) is 1. The van der Waals surface area contributed by atoms with E-state index in [0.717, 1.165) is 23.5 Å². The van der Waals surface area contributed by atoms with Crippen LogP contribution in [-0.4, -0.2) is 30.1 Å². The van der Waals surface area contributed by atoms with E-state index < -0.39 is 0 Å². The molecule has 0 spiro atoms. The highest BCUT2D eigenvalue weighted by Crippen LogP contribution is 2.38. The van der Waals surface area contributed by atoms with Crippen LogP contribution in [0.4, 0.5) is 0 Å². The van der Waals surface area contributed by atoms with Gasteiger partial charge >= 0.3 is 0 Å². The summed E-state index contributed by atoms with van der Waals surface area (Å²) in [5.74, 6) is 0.674. The lowest BCUT2D eigenvalue weighted by Gasteiger charge is -2.38. The fraction of sp³-hybridized carbons (Fsp3) is 0.625. The molecular weight excluding hydrogens is 256 g/mol. The van der Waals surface area contributed by atoms with Crippen LogP contribution in [0.15, 0.2) is 24.3 Å². The van der Waals surface area contributed by atoms with E-state index in [2.05, 4.69) is 18.0 Å². The quantitative estimate of drug-likeness (QED) is 0.921. The summed E-state index contributed by atoms with van der Waals surface area (Å²) in [6.45, 7) is 0. The molecule has 2 heterocycles. The number of fused-ring (bicyclic) bond motifs is 2. The van der Waals surface area contributed by atoms with E-state index in [1.165, 1.54) is 31.2 Å². The van der Waals surface area contributed by atoms with Crippen molar-refractivity contribution < 1.29 is 0 Å². The summed E-state index contributed by atoms with van der Waals surface area (Å²) >= 11 is 6.04. The maximum absolute atomic E-state index is 6.47. The van der Waals surface area contributed by atoms with Gasteiger partial charge in [0, 0.05) is 23.1 Å². The summed E-state index contributed by atoms with van der Waals surface area (Å²) in [5, 5.41) is 0.813. The van der Waals surface area contributed by atoms with Crippen LogP contribution >= 0.6 is 11.6 Å². The normalized spacial score (nSPS) is 32.5. The first-order valence-electron chi connectivity index (χ1n) is 7.35. The Morgan fingerprint density at radius 1 is 1.32 bits per heavy atom. The van der Waals surface area contributed by atoms with Gasteiger partial charge in [-0.3, -0.25) is 0 Å². The first-order chi connectivity index (χ1) is 9.13. The molecule has 2 N–H and O–H groups in total. The van der Waals surface area contributed by atoms with Gasteiger partial charge in [-0.15, -0.1) is 0 Å². The number of hydrogen-bond acceptors (Lipinski definition) is 2. The van der Waals surface area contributed by atoms with Gasteiger partial charge in [0.25, 0.3) is 0 Å². The van der Waals surface area contributed by atoms with Crippen molar-refractivity contribution >= 4 is 11.6 Å². The van der Waals surface area contributed by atoms with E-state index in [1.54, 1.807) is 0 Å². The Morgan fingerprint density at radius 2 is 2.00 bits per heavy atom. The molecular formula is C16H23ClN2. The molecule has 2 saturated heterocycles. The SMILES string of the molecule is CN1C2CCC1CC(C(N)Cc1cccc(Cl)c1)C2. The van der Waals surface area contributed by atoms with Crippen LogP contribution < -0.4 is 5.73 Å². The molecule has 104 valence electrons. The fourth-order valence-corrected chi connectivity index (χ4v) is 4.12. The smallest absolute Gasteiger partial charge is 0.0408 e. The summed E-state index contributed by atoms with van der Waals surface area (Å²) in [4.78, 5) is 2.57. The van der Waals surface area contributed by atoms with Gasteiger partial charge in [0.15, 0.2) is 0 Å². The van der Waals surface area contributed by atoms with Crippen molar-refractivity contribution in [3.8, 4) is 0 Å². The predicted octanol–water partition coefficient (Wildman–Crippen LogP) is 3.08. The second kappa shape index (κ2) is 5.43. The van der Waals surface area contributed by atoms with Crippen LogP contribution in [0, 0.1) is 5.92 Å². The van der Waals surface area contributed by atoms with Gasteiger partial charge in [-0.1, -0.05) is 23.7 Å². The van der Waals surface area contributed by atoms with Crippen LogP contribution in [0.3, 0.4) is 0 Å². The van der Waals surface area contributed by atoms with Gasteiger partial charge in [-0.05, 0) is 62.8 Å². The predicted molar refractivity (Wildman–Crippen MR) is 80.4 cm³/mol. The second-order valence-corrected chi connectivity index (χ2v) is 6.72. The summed E-state index contributed by atoms with van der Waals surface area (Å²) in [5.41, 5.74) is 7.74. The van der Waals surface area contributed by atoms with Crippen LogP contribution in [0.1, 0.15) is 31.2 Å². The maximum Gasteiger partial charge on any atom is 0.0408 e. The lowest BCUT2D eigenvalue weighted by Crippen LogP contribution is -2.46. The Kier molecular flexibility index (Phi) is 3.84. The van der Waals surface area contributed by atoms with Gasteiger partial charge in [-0.25, -0.2) is 0 Å². The largest absolute Gasteiger partial charge is 0.327 e. The van der Waals surface area contributed by atoms with Crippen molar-refractivity contribution in [2.45, 2.75) is 50.2 Å². The molecule has 0 radical (unpaired) electrons. The van der Waals surface area contributed by atoms with Gasteiger partial charge in [0.2, 0.25) is 0 Å². The Hall–Kier alpha value is -0.570. The van der Waals surface area contributed by atoms with E-state index in [0.29, 0.717) is 5.92 Å². The van der Waals surface area contributed by atoms with Crippen LogP contribution in [0.25, 0.3) is 0 Å². The Morgan fingerprint density at radius 3 is 2.63 bits per heavy atom. The molecule has 3 rings (SSSR count). The van der Waals surface area contributed by atoms with Gasteiger partial charge < -0.3 is 10.6 Å². The van der Waals surface area contributed by atoms with E-state index in [1.807, 2.05) is 18.2 Å². The third kappa shape index (κ3) is 2.81. The van der Waals surface area contributed by atoms with E-state index in [9.17, 15) is 0 Å². The standard InChI is InChI=1S/C16H23ClN2/c1-19-14-5-6-15(19)10-12(9-14)16(18)8-11-3-2-4-13(17)7-11/h2-4,7,12,14-16H,5-6,8-10,18H2,1H3. The number of hydrogen-bond donors (Lipinski definition) is 1. The Labute approximate surface area is 120 Å². The highest BCUT2D eigenvalue weighted by Gasteiger charge is 2.40. The van der Waals surface area contributed by atoms with Crippen molar-refractivity contribution in [3.63, 3.8) is 0 Å². The van der Waals surface area contributed by atoms with Crippen molar-refractivity contribution in [2.24, 2.45) is 11.7 Å². The van der Waals surface area contributed by atoms with Gasteiger partial charge in [-0.2, -0.15) is 0 Å². The van der Waals surface area contributed by atoms with Crippen LogP contribution in [0.2, 0.25) is 5.02 Å². The molecule has 3 heteroatoms. The fourth-order valence-electron chi connectivity index (χ4n) is 3.91. The monoisotopic (exact) mass is 278 g/mol. The Balaban J connectivity index is 1.64. The molecule has 0 aromatic heterocycles. The van der Waals surface area contributed by atoms with Crippen LogP contribution in [0.5, 0.6) is 0 Å². The number of piperidine rings is 1. The first kappa shape index (κ1) is 13.4. The van der Waals surface area contributed by atoms with Crippen molar-refractivity contribution in [3.05, 3.63) is 34.9 Å². The topological polar surface area (TPSA) is 29.3 Å². The van der Waals surface area contributed by atoms with Crippen molar-refractivity contribution in [2.75, 3.05) is 7.05 Å². The van der Waals surface area contributed by atoms with Gasteiger partial charge in [0.05, 0.1) is 0 Å². The van der Waals surface area contributed by atoms with Gasteiger partial charge in [0.1, 0.15) is 0 Å². The lowest BCUT2D eigenvalue weighted by atomic mass is 9.83. The number of halogens is 1. The Bertz CT molecular complexity index is 434. The second-order valence-electron chi connectivity index (χ2n) is 6.28. The molecule has 0 saturated carbocycles. The zero-order valence-electron chi connectivity index (χ0n) is 11.6. The summed E-state index contributed by atoms with van der Waals surface area (Å²) < 4.78 is 0. The molecule has 3 atom stereocenters. The minimum absolute atomic E-state index is 0.273. The van der Waals surface area contributed by atoms with E-state index in [4.69, 9.17) is 17.3 Å². The van der Waals surface area contributed by atoms with Crippen molar-refractivity contribution in [1.29, 1.82) is 0 Å². The zero-order valence-corrected chi connectivity index (χ0v) is 12.3.